The summed E-state index contributed by atoms with van der Waals surface area (Å²) < 4.78 is 49.9. The monoisotopic (exact) mass is 384 g/mol. The zero-order valence-corrected chi connectivity index (χ0v) is 17.0. The van der Waals surface area contributed by atoms with Crippen molar-refractivity contribution < 1.29 is 12.8 Å². The molecule has 0 aliphatic rings. The lowest BCUT2D eigenvalue weighted by molar-refractivity contribution is -0.660. The lowest BCUT2D eigenvalue weighted by Crippen LogP contribution is -2.30. The van der Waals surface area contributed by atoms with Gasteiger partial charge in [0.05, 0.1) is 0 Å². The fraction of sp³-hybridized carbons (Fsp3) is 0.179. The van der Waals surface area contributed by atoms with E-state index in [-0.39, 0.29) is 0 Å². The Bertz CT molecular complexity index is 1400. The van der Waals surface area contributed by atoms with E-state index in [0.717, 1.165) is 33.5 Å². The second-order valence-corrected chi connectivity index (χ2v) is 7.54. The Morgan fingerprint density at radius 2 is 1.41 bits per heavy atom. The quantitative estimate of drug-likeness (QED) is 0.344. The Balaban J connectivity index is 1.90. The van der Waals surface area contributed by atoms with Gasteiger partial charge in [-0.1, -0.05) is 60.2 Å². The van der Waals surface area contributed by atoms with Crippen LogP contribution in [0.3, 0.4) is 0 Å². The minimum atomic E-state index is -2.23. The van der Waals surface area contributed by atoms with Crippen LogP contribution in [-0.4, -0.2) is 0 Å². The predicted octanol–water partition coefficient (Wildman–Crippen LogP) is 6.75. The molecule has 1 nitrogen and oxygen atoms in total. The summed E-state index contributed by atoms with van der Waals surface area (Å²) in [5.74, 6) is 0. The normalized spacial score (nSPS) is 14.9. The maximum Gasteiger partial charge on any atom is 0.213 e. The first-order chi connectivity index (χ1) is 16.4. The summed E-state index contributed by atoms with van der Waals surface area (Å²) in [5, 5.41) is 0. The molecule has 0 atom stereocenters. The molecule has 0 unspecified atom stereocenters. The van der Waals surface area contributed by atoms with Gasteiger partial charge in [0.1, 0.15) is 7.05 Å². The standard InChI is InChI=1S/C28H28N/c1-19-10-13-26(22(4)16-19)24-14-15-29(5)28(18-24)27-17-23(12-11-21(27)3)25-9-7-6-8-20(25)2/h6-18H,1-5H3/q+1/i2D3,4D3. The number of hydrogen-bond acceptors (Lipinski definition) is 0. The Morgan fingerprint density at radius 1 is 0.655 bits per heavy atom. The van der Waals surface area contributed by atoms with Gasteiger partial charge in [-0.05, 0) is 72.6 Å². The van der Waals surface area contributed by atoms with Gasteiger partial charge < -0.3 is 0 Å². The van der Waals surface area contributed by atoms with Crippen LogP contribution in [0, 0.1) is 27.6 Å². The van der Waals surface area contributed by atoms with E-state index >= 15 is 0 Å². The smallest absolute Gasteiger partial charge is 0.201 e. The van der Waals surface area contributed by atoms with Crippen molar-refractivity contribution in [1.29, 1.82) is 0 Å². The van der Waals surface area contributed by atoms with Gasteiger partial charge in [0.25, 0.3) is 0 Å². The van der Waals surface area contributed by atoms with Gasteiger partial charge >= 0.3 is 0 Å². The van der Waals surface area contributed by atoms with E-state index in [0.29, 0.717) is 22.3 Å². The first-order valence-electron chi connectivity index (χ1n) is 12.7. The molecule has 144 valence electrons. The number of nitrogens with zero attached hydrogens (tertiary/aromatic N) is 1. The Labute approximate surface area is 182 Å². The van der Waals surface area contributed by atoms with Crippen molar-refractivity contribution in [2.75, 3.05) is 0 Å². The van der Waals surface area contributed by atoms with Crippen LogP contribution in [0.5, 0.6) is 0 Å². The summed E-state index contributed by atoms with van der Waals surface area (Å²) in [7, 11) is 1.95. The van der Waals surface area contributed by atoms with E-state index in [1.54, 1.807) is 18.2 Å². The molecule has 0 saturated heterocycles. The van der Waals surface area contributed by atoms with Crippen molar-refractivity contribution in [2.24, 2.45) is 7.05 Å². The third kappa shape index (κ3) is 3.73. The molecule has 0 amide bonds. The minimum Gasteiger partial charge on any atom is -0.201 e. The molecule has 0 bridgehead atoms. The Morgan fingerprint density at radius 3 is 2.24 bits per heavy atom. The van der Waals surface area contributed by atoms with Gasteiger partial charge in [-0.25, -0.2) is 4.57 Å². The number of aromatic nitrogens is 1. The first-order valence-corrected chi connectivity index (χ1v) is 9.68. The van der Waals surface area contributed by atoms with Gasteiger partial charge in [-0.2, -0.15) is 0 Å². The van der Waals surface area contributed by atoms with Gasteiger partial charge in [-0.15, -0.1) is 0 Å². The maximum absolute atomic E-state index is 8.03. The van der Waals surface area contributed by atoms with Gasteiger partial charge in [-0.3, -0.25) is 0 Å². The highest BCUT2D eigenvalue weighted by atomic mass is 14.9. The van der Waals surface area contributed by atoms with Gasteiger partial charge in [0, 0.05) is 25.9 Å². The predicted molar refractivity (Wildman–Crippen MR) is 123 cm³/mol. The molecule has 0 N–H and O–H groups in total. The molecule has 3 aromatic carbocycles. The van der Waals surface area contributed by atoms with Crippen molar-refractivity contribution in [3.8, 4) is 33.5 Å². The van der Waals surface area contributed by atoms with Crippen molar-refractivity contribution in [3.63, 3.8) is 0 Å². The van der Waals surface area contributed by atoms with Crippen molar-refractivity contribution in [1.82, 2.24) is 0 Å². The molecule has 0 aliphatic carbocycles. The van der Waals surface area contributed by atoms with E-state index in [4.69, 9.17) is 8.22 Å². The summed E-state index contributed by atoms with van der Waals surface area (Å²) in [6.07, 6.45) is 1.93. The van der Waals surface area contributed by atoms with Gasteiger partial charge in [0.2, 0.25) is 5.69 Å². The lowest BCUT2D eigenvalue weighted by Gasteiger charge is -2.12. The zero-order chi connectivity index (χ0) is 25.5. The van der Waals surface area contributed by atoms with E-state index in [1.807, 2.05) is 86.3 Å². The van der Waals surface area contributed by atoms with Crippen molar-refractivity contribution >= 4 is 0 Å². The number of pyridine rings is 1. The van der Waals surface area contributed by atoms with Crippen LogP contribution in [0.4, 0.5) is 0 Å². The fourth-order valence-electron chi connectivity index (χ4n) is 3.72. The topological polar surface area (TPSA) is 3.88 Å². The largest absolute Gasteiger partial charge is 0.213 e. The fourth-order valence-corrected chi connectivity index (χ4v) is 3.72. The molecular formula is C28H28N+. The van der Waals surface area contributed by atoms with Gasteiger partial charge in [0.15, 0.2) is 6.20 Å². The highest BCUT2D eigenvalue weighted by Gasteiger charge is 2.16. The van der Waals surface area contributed by atoms with Crippen LogP contribution >= 0.6 is 0 Å². The third-order valence-electron chi connectivity index (χ3n) is 5.39. The molecule has 4 rings (SSSR count). The van der Waals surface area contributed by atoms with Crippen LogP contribution in [0.15, 0.2) is 79.0 Å². The highest BCUT2D eigenvalue weighted by Crippen LogP contribution is 2.32. The minimum absolute atomic E-state index is 0.315. The molecule has 0 spiro atoms. The molecule has 1 heterocycles. The molecule has 0 saturated carbocycles. The Kier molecular flexibility index (Phi) is 3.47. The third-order valence-corrected chi connectivity index (χ3v) is 5.39. The average Bonchev–Trinajstić information content (AvgIpc) is 2.79. The van der Waals surface area contributed by atoms with Crippen LogP contribution in [-0.2, 0) is 7.05 Å². The molecule has 4 aromatic rings. The second kappa shape index (κ2) is 7.67. The zero-order valence-electron chi connectivity index (χ0n) is 23.0. The van der Waals surface area contributed by atoms with Crippen molar-refractivity contribution in [3.05, 3.63) is 101 Å². The van der Waals surface area contributed by atoms with Crippen LogP contribution in [0.2, 0.25) is 0 Å². The Hall–Kier alpha value is -3.19. The second-order valence-electron chi connectivity index (χ2n) is 7.54. The van der Waals surface area contributed by atoms with Crippen LogP contribution in [0.25, 0.3) is 33.5 Å². The highest BCUT2D eigenvalue weighted by molar-refractivity contribution is 5.77. The first kappa shape index (κ1) is 13.1. The number of hydrogen-bond donors (Lipinski definition) is 0. The van der Waals surface area contributed by atoms with Crippen LogP contribution in [0.1, 0.15) is 30.5 Å². The summed E-state index contributed by atoms with van der Waals surface area (Å²) in [6.45, 7) is -0.541. The molecule has 29 heavy (non-hydrogen) atoms. The SMILES string of the molecule is [2H]C([2H])([2H])c1ccccc1-c1ccc(C)c(-c2cc(-c3ccc(C)cc3C([2H])([2H])[2H])cc[n+]2C)c1. The molecule has 0 fully saturated rings. The van der Waals surface area contributed by atoms with Crippen LogP contribution < -0.4 is 4.57 Å². The molecule has 0 aliphatic heterocycles. The average molecular weight is 385 g/mol. The molecular weight excluding hydrogens is 350 g/mol. The number of rotatable bonds is 3. The molecule has 0 radical (unpaired) electrons. The summed E-state index contributed by atoms with van der Waals surface area (Å²) >= 11 is 0. The summed E-state index contributed by atoms with van der Waals surface area (Å²) in [6, 6.07) is 22.5. The number of aryl methyl sites for hydroxylation is 5. The number of benzene rings is 3. The summed E-state index contributed by atoms with van der Waals surface area (Å²) in [4.78, 5) is 0. The molecule has 1 aromatic heterocycles. The maximum atomic E-state index is 8.03. The lowest BCUT2D eigenvalue weighted by atomic mass is 9.93. The van der Waals surface area contributed by atoms with E-state index < -0.39 is 13.7 Å². The van der Waals surface area contributed by atoms with E-state index in [9.17, 15) is 0 Å². The van der Waals surface area contributed by atoms with Crippen molar-refractivity contribution in [2.45, 2.75) is 27.6 Å². The summed E-state index contributed by atoms with van der Waals surface area (Å²) in [5.41, 5.74) is 7.43. The van der Waals surface area contributed by atoms with E-state index in [1.165, 1.54) is 0 Å². The molecule has 1 heteroatoms. The van der Waals surface area contributed by atoms with E-state index in [2.05, 4.69) is 0 Å².